The molecular weight excluding hydrogens is 470 g/mol. The average molecular weight is 485 g/mol. The van der Waals surface area contributed by atoms with E-state index in [0.717, 1.165) is 5.69 Å². The highest BCUT2D eigenvalue weighted by molar-refractivity contribution is 9.10. The summed E-state index contributed by atoms with van der Waals surface area (Å²) in [5.41, 5.74) is 1.20. The number of rotatable bonds is 5. The molecule has 4 rings (SSSR count). The van der Waals surface area contributed by atoms with Gasteiger partial charge in [0.05, 0.1) is 35.3 Å². The molecule has 0 bridgehead atoms. The van der Waals surface area contributed by atoms with E-state index < -0.39 is 5.78 Å². The van der Waals surface area contributed by atoms with Crippen LogP contribution in [0.1, 0.15) is 21.6 Å². The van der Waals surface area contributed by atoms with Crippen molar-refractivity contribution < 1.29 is 9.53 Å². The number of benzene rings is 1. The molecule has 3 aromatic heterocycles. The largest absolute Gasteiger partial charge is 0.495 e. The first-order valence-electron chi connectivity index (χ1n) is 8.96. The minimum Gasteiger partial charge on any atom is -0.495 e. The maximum atomic E-state index is 13.2. The molecule has 0 N–H and O–H groups in total. The lowest BCUT2D eigenvalue weighted by atomic mass is 10.0. The van der Waals surface area contributed by atoms with Gasteiger partial charge in [-0.3, -0.25) is 9.59 Å². The SMILES string of the molecule is COc1cc(C(=O)c2cn(Cc3cccc(Br)n3)c3ncccc3c2=O)ccc1Cl. The fourth-order valence-corrected chi connectivity index (χ4v) is 3.75. The number of hydrogen-bond donors (Lipinski definition) is 0. The van der Waals surface area contributed by atoms with E-state index >= 15 is 0 Å². The van der Waals surface area contributed by atoms with Crippen molar-refractivity contribution in [3.8, 4) is 5.75 Å². The normalized spacial score (nSPS) is 10.9. The first-order chi connectivity index (χ1) is 14.5. The van der Waals surface area contributed by atoms with Crippen LogP contribution in [0.3, 0.4) is 0 Å². The molecule has 0 saturated carbocycles. The first kappa shape index (κ1) is 20.3. The van der Waals surface area contributed by atoms with Crippen LogP contribution in [0.5, 0.6) is 5.75 Å². The zero-order chi connectivity index (χ0) is 21.3. The van der Waals surface area contributed by atoms with Crippen molar-refractivity contribution in [3.63, 3.8) is 0 Å². The summed E-state index contributed by atoms with van der Waals surface area (Å²) in [5.74, 6) is -0.0553. The van der Waals surface area contributed by atoms with Crippen molar-refractivity contribution in [1.29, 1.82) is 0 Å². The Morgan fingerprint density at radius 1 is 1.20 bits per heavy atom. The van der Waals surface area contributed by atoms with E-state index in [0.29, 0.717) is 38.5 Å². The van der Waals surface area contributed by atoms with Gasteiger partial charge in [-0.15, -0.1) is 0 Å². The third-order valence-corrected chi connectivity index (χ3v) is 5.35. The Kier molecular flexibility index (Phi) is 5.65. The van der Waals surface area contributed by atoms with Crippen molar-refractivity contribution in [2.24, 2.45) is 0 Å². The van der Waals surface area contributed by atoms with Gasteiger partial charge in [0.25, 0.3) is 0 Å². The molecule has 8 heteroatoms. The Balaban J connectivity index is 1.87. The monoisotopic (exact) mass is 483 g/mol. The van der Waals surface area contributed by atoms with Gasteiger partial charge >= 0.3 is 0 Å². The van der Waals surface area contributed by atoms with E-state index in [1.807, 2.05) is 18.2 Å². The molecule has 150 valence electrons. The number of ketones is 1. The molecule has 0 radical (unpaired) electrons. The Bertz CT molecular complexity index is 1340. The Hall–Kier alpha value is -3.03. The molecule has 0 unspecified atom stereocenters. The molecule has 30 heavy (non-hydrogen) atoms. The molecule has 0 aliphatic rings. The van der Waals surface area contributed by atoms with Crippen molar-refractivity contribution in [2.75, 3.05) is 7.11 Å². The molecule has 4 aromatic rings. The maximum Gasteiger partial charge on any atom is 0.202 e. The molecule has 3 heterocycles. The van der Waals surface area contributed by atoms with Crippen molar-refractivity contribution >= 4 is 44.3 Å². The lowest BCUT2D eigenvalue weighted by Gasteiger charge is -2.13. The summed E-state index contributed by atoms with van der Waals surface area (Å²) in [7, 11) is 1.47. The highest BCUT2D eigenvalue weighted by Gasteiger charge is 2.19. The highest BCUT2D eigenvalue weighted by Crippen LogP contribution is 2.26. The number of methoxy groups -OCH3 is 1. The fraction of sp³-hybridized carbons (Fsp3) is 0.0909. The molecule has 0 aliphatic carbocycles. The number of fused-ring (bicyclic) bond motifs is 1. The Morgan fingerprint density at radius 3 is 2.80 bits per heavy atom. The van der Waals surface area contributed by atoms with E-state index in [4.69, 9.17) is 16.3 Å². The zero-order valence-electron chi connectivity index (χ0n) is 15.8. The molecule has 1 aromatic carbocycles. The van der Waals surface area contributed by atoms with Gasteiger partial charge in [0.2, 0.25) is 5.43 Å². The van der Waals surface area contributed by atoms with E-state index in [9.17, 15) is 9.59 Å². The molecular formula is C22H15BrClN3O3. The van der Waals surface area contributed by atoms with Crippen LogP contribution >= 0.6 is 27.5 Å². The molecule has 0 amide bonds. The van der Waals surface area contributed by atoms with Gasteiger partial charge < -0.3 is 9.30 Å². The minimum atomic E-state index is -0.420. The number of ether oxygens (including phenoxy) is 1. The second kappa shape index (κ2) is 8.38. The second-order valence-electron chi connectivity index (χ2n) is 6.50. The van der Waals surface area contributed by atoms with Crippen LogP contribution in [0.15, 0.2) is 70.3 Å². The number of carbonyl (C=O) groups is 1. The summed E-state index contributed by atoms with van der Waals surface area (Å²) in [4.78, 5) is 35.0. The molecule has 0 atom stereocenters. The van der Waals surface area contributed by atoms with Crippen LogP contribution in [-0.2, 0) is 6.54 Å². The second-order valence-corrected chi connectivity index (χ2v) is 7.72. The van der Waals surface area contributed by atoms with Crippen molar-refractivity contribution in [3.05, 3.63) is 97.6 Å². The standard InChI is InChI=1S/C22H15BrClN3O3/c1-30-18-10-13(7-8-17(18)24)20(28)16-12-27(11-14-4-2-6-19(23)26-14)22-15(21(16)29)5-3-9-25-22/h2-10,12H,11H2,1H3. The van der Waals surface area contributed by atoms with Gasteiger partial charge in [-0.2, -0.15) is 0 Å². The first-order valence-corrected chi connectivity index (χ1v) is 10.1. The summed E-state index contributed by atoms with van der Waals surface area (Å²) in [6.45, 7) is 0.345. The van der Waals surface area contributed by atoms with Crippen LogP contribution in [0.25, 0.3) is 11.0 Å². The predicted molar refractivity (Wildman–Crippen MR) is 118 cm³/mol. The number of aromatic nitrogens is 3. The van der Waals surface area contributed by atoms with E-state index in [1.165, 1.54) is 19.4 Å². The molecule has 0 saturated heterocycles. The van der Waals surface area contributed by atoms with E-state index in [1.54, 1.807) is 35.0 Å². The summed E-state index contributed by atoms with van der Waals surface area (Å²) in [6, 6.07) is 13.6. The zero-order valence-corrected chi connectivity index (χ0v) is 18.1. The van der Waals surface area contributed by atoms with Crippen molar-refractivity contribution in [1.82, 2.24) is 14.5 Å². The Labute approximate surface area is 185 Å². The Morgan fingerprint density at radius 2 is 2.03 bits per heavy atom. The lowest BCUT2D eigenvalue weighted by molar-refractivity contribution is 0.103. The van der Waals surface area contributed by atoms with Crippen LogP contribution in [0.4, 0.5) is 0 Å². The number of hydrogen-bond acceptors (Lipinski definition) is 5. The van der Waals surface area contributed by atoms with Gasteiger partial charge in [0.15, 0.2) is 5.78 Å². The van der Waals surface area contributed by atoms with Crippen LogP contribution in [0, 0.1) is 0 Å². The van der Waals surface area contributed by atoms with Crippen LogP contribution in [-0.4, -0.2) is 27.4 Å². The summed E-state index contributed by atoms with van der Waals surface area (Å²) < 4.78 is 7.65. The lowest BCUT2D eigenvalue weighted by Crippen LogP contribution is -2.21. The minimum absolute atomic E-state index is 0.0369. The number of carbonyl (C=O) groups excluding carboxylic acids is 1. The maximum absolute atomic E-state index is 13.2. The number of nitrogens with zero attached hydrogens (tertiary/aromatic N) is 3. The molecule has 0 aliphatic heterocycles. The van der Waals surface area contributed by atoms with Crippen LogP contribution < -0.4 is 10.2 Å². The number of halogens is 2. The van der Waals surface area contributed by atoms with Gasteiger partial charge in [0, 0.05) is 18.0 Å². The predicted octanol–water partition coefficient (Wildman–Crippen LogP) is 4.50. The van der Waals surface area contributed by atoms with E-state index in [2.05, 4.69) is 25.9 Å². The summed E-state index contributed by atoms with van der Waals surface area (Å²) in [5, 5.41) is 0.745. The molecule has 0 spiro atoms. The van der Waals surface area contributed by atoms with Gasteiger partial charge in [-0.05, 0) is 58.4 Å². The van der Waals surface area contributed by atoms with Gasteiger partial charge in [-0.1, -0.05) is 17.7 Å². The fourth-order valence-electron chi connectivity index (χ4n) is 3.18. The smallest absolute Gasteiger partial charge is 0.202 e. The molecule has 6 nitrogen and oxygen atoms in total. The summed E-state index contributed by atoms with van der Waals surface area (Å²) in [6.07, 6.45) is 3.14. The van der Waals surface area contributed by atoms with Gasteiger partial charge in [-0.25, -0.2) is 9.97 Å². The quantitative estimate of drug-likeness (QED) is 0.308. The van der Waals surface area contributed by atoms with Gasteiger partial charge in [0.1, 0.15) is 16.0 Å². The third-order valence-electron chi connectivity index (χ3n) is 4.60. The van der Waals surface area contributed by atoms with E-state index in [-0.39, 0.29) is 11.0 Å². The number of pyridine rings is 3. The van der Waals surface area contributed by atoms with Crippen molar-refractivity contribution in [2.45, 2.75) is 6.54 Å². The third kappa shape index (κ3) is 3.86. The highest BCUT2D eigenvalue weighted by atomic mass is 79.9. The topological polar surface area (TPSA) is 74.1 Å². The molecule has 0 fully saturated rings. The average Bonchev–Trinajstić information content (AvgIpc) is 2.76. The summed E-state index contributed by atoms with van der Waals surface area (Å²) >= 11 is 9.43. The van der Waals surface area contributed by atoms with Crippen LogP contribution in [0.2, 0.25) is 5.02 Å².